The van der Waals surface area contributed by atoms with E-state index in [0.717, 1.165) is 5.75 Å². The molecule has 0 radical (unpaired) electrons. The first-order chi connectivity index (χ1) is 16.2. The quantitative estimate of drug-likeness (QED) is 0.209. The molecule has 0 aliphatic heterocycles. The highest BCUT2D eigenvalue weighted by molar-refractivity contribution is 7.99. The van der Waals surface area contributed by atoms with Crippen LogP contribution >= 0.6 is 23.4 Å². The van der Waals surface area contributed by atoms with E-state index in [1.807, 2.05) is 42.7 Å². The second kappa shape index (κ2) is 11.3. The third-order valence-electron chi connectivity index (χ3n) is 5.04. The van der Waals surface area contributed by atoms with Crippen LogP contribution in [0.1, 0.15) is 51.1 Å². The van der Waals surface area contributed by atoms with E-state index in [1.165, 1.54) is 35.5 Å². The van der Waals surface area contributed by atoms with E-state index in [0.29, 0.717) is 29.1 Å². The maximum absolute atomic E-state index is 12.4. The number of thioether (sulfide) groups is 1. The number of anilines is 1. The van der Waals surface area contributed by atoms with Gasteiger partial charge in [-0.15, -0.1) is 10.2 Å². The van der Waals surface area contributed by atoms with Crippen molar-refractivity contribution in [2.75, 3.05) is 11.1 Å². The molecule has 11 heteroatoms. The second-order valence-electron chi connectivity index (χ2n) is 7.83. The number of amides is 1. The van der Waals surface area contributed by atoms with Crippen LogP contribution < -0.4 is 10.1 Å². The second-order valence-corrected chi connectivity index (χ2v) is 9.18. The summed E-state index contributed by atoms with van der Waals surface area (Å²) in [4.78, 5) is 22.8. The summed E-state index contributed by atoms with van der Waals surface area (Å²) >= 11 is 7.04. The van der Waals surface area contributed by atoms with Crippen LogP contribution in [0.2, 0.25) is 5.02 Å². The topological polar surface area (TPSA) is 112 Å². The lowest BCUT2D eigenvalue weighted by Crippen LogP contribution is -2.15. The van der Waals surface area contributed by atoms with Crippen molar-refractivity contribution in [1.82, 2.24) is 14.8 Å². The van der Waals surface area contributed by atoms with Crippen LogP contribution in [-0.2, 0) is 11.3 Å². The number of ether oxygens (including phenoxy) is 1. The van der Waals surface area contributed by atoms with Gasteiger partial charge in [0.05, 0.1) is 10.7 Å². The normalized spacial score (nSPS) is 11.9. The summed E-state index contributed by atoms with van der Waals surface area (Å²) in [6, 6.07) is 12.1. The fraction of sp³-hybridized carbons (Fsp3) is 0.348. The van der Waals surface area contributed by atoms with E-state index in [1.54, 1.807) is 0 Å². The number of carbonyl (C=O) groups is 1. The molecule has 1 aromatic heterocycles. The molecule has 1 heterocycles. The van der Waals surface area contributed by atoms with E-state index in [2.05, 4.69) is 29.4 Å². The smallest absolute Gasteiger partial charge is 0.289 e. The van der Waals surface area contributed by atoms with E-state index in [-0.39, 0.29) is 28.5 Å². The Morgan fingerprint density at radius 1 is 1.21 bits per heavy atom. The third kappa shape index (κ3) is 6.27. The molecular weight excluding hydrogens is 478 g/mol. The number of nitro benzene ring substituents is 1. The Morgan fingerprint density at radius 2 is 1.91 bits per heavy atom. The number of nitrogens with zero attached hydrogens (tertiary/aromatic N) is 4. The van der Waals surface area contributed by atoms with Crippen LogP contribution in [0, 0.1) is 10.1 Å². The summed E-state index contributed by atoms with van der Waals surface area (Å²) in [7, 11) is 0. The Labute approximate surface area is 207 Å². The summed E-state index contributed by atoms with van der Waals surface area (Å²) < 4.78 is 7.96. The summed E-state index contributed by atoms with van der Waals surface area (Å²) in [5.74, 6) is 1.57. The fourth-order valence-corrected chi connectivity index (χ4v) is 4.25. The minimum Gasteiger partial charge on any atom is -0.483 e. The number of rotatable bonds is 10. The average molecular weight is 504 g/mol. The molecule has 0 spiro atoms. The molecule has 0 aliphatic carbocycles. The summed E-state index contributed by atoms with van der Waals surface area (Å²) in [5.41, 5.74) is 1.27. The molecule has 0 saturated carbocycles. The van der Waals surface area contributed by atoms with E-state index < -0.39 is 4.92 Å². The van der Waals surface area contributed by atoms with E-state index >= 15 is 0 Å². The lowest BCUT2D eigenvalue weighted by molar-refractivity contribution is -0.384. The minimum absolute atomic E-state index is 0.00755. The zero-order chi connectivity index (χ0) is 24.8. The zero-order valence-corrected chi connectivity index (χ0v) is 20.9. The molecule has 0 aliphatic rings. The summed E-state index contributed by atoms with van der Waals surface area (Å²) in [6.07, 6.45) is -0.338. The predicted molar refractivity (Wildman–Crippen MR) is 133 cm³/mol. The Kier molecular flexibility index (Phi) is 8.51. The van der Waals surface area contributed by atoms with Crippen molar-refractivity contribution in [2.24, 2.45) is 0 Å². The molecule has 2 aromatic carbocycles. The number of halogens is 1. The zero-order valence-electron chi connectivity index (χ0n) is 19.3. The maximum Gasteiger partial charge on any atom is 0.289 e. The Hall–Kier alpha value is -3.11. The Bertz CT molecular complexity index is 1170. The van der Waals surface area contributed by atoms with Gasteiger partial charge in [-0.3, -0.25) is 14.9 Å². The molecule has 9 nitrogen and oxygen atoms in total. The molecule has 3 aromatic rings. The molecule has 3 rings (SSSR count). The summed E-state index contributed by atoms with van der Waals surface area (Å²) in [6.45, 7) is 8.76. The van der Waals surface area contributed by atoms with Crippen LogP contribution in [-0.4, -0.2) is 31.3 Å². The third-order valence-corrected chi connectivity index (χ3v) is 6.33. The Morgan fingerprint density at radius 3 is 2.53 bits per heavy atom. The SMILES string of the molecule is CCn1c(SCC(=O)Nc2ccc(Cl)c([N+](=O)[O-])c2)nnc1C(C)Oc1ccc(C(C)C)cc1. The van der Waals surface area contributed by atoms with Gasteiger partial charge in [-0.1, -0.05) is 49.3 Å². The van der Waals surface area contributed by atoms with Crippen molar-refractivity contribution >= 4 is 40.6 Å². The minimum atomic E-state index is -0.597. The van der Waals surface area contributed by atoms with Gasteiger partial charge in [0.1, 0.15) is 10.8 Å². The number of hydrogen-bond donors (Lipinski definition) is 1. The number of carbonyl (C=O) groups excluding carboxylic acids is 1. The van der Waals surface area contributed by atoms with E-state index in [4.69, 9.17) is 16.3 Å². The first kappa shape index (κ1) is 25.5. The van der Waals surface area contributed by atoms with Crippen molar-refractivity contribution < 1.29 is 14.5 Å². The molecule has 180 valence electrons. The monoisotopic (exact) mass is 503 g/mol. The number of hydrogen-bond acceptors (Lipinski definition) is 7. The van der Waals surface area contributed by atoms with Gasteiger partial charge in [-0.2, -0.15) is 0 Å². The van der Waals surface area contributed by atoms with Gasteiger partial charge < -0.3 is 14.6 Å². The van der Waals surface area contributed by atoms with Crippen molar-refractivity contribution in [2.45, 2.75) is 51.4 Å². The maximum atomic E-state index is 12.4. The Balaban J connectivity index is 1.63. The number of nitrogens with one attached hydrogen (secondary N) is 1. The average Bonchev–Trinajstić information content (AvgIpc) is 3.22. The summed E-state index contributed by atoms with van der Waals surface area (Å²) in [5, 5.41) is 22.8. The molecule has 1 N–H and O–H groups in total. The van der Waals surface area contributed by atoms with Crippen molar-refractivity contribution in [3.05, 3.63) is 69.0 Å². The van der Waals surface area contributed by atoms with Gasteiger partial charge in [0, 0.05) is 18.3 Å². The molecule has 34 heavy (non-hydrogen) atoms. The van der Waals surface area contributed by atoms with Crippen molar-refractivity contribution in [1.29, 1.82) is 0 Å². The lowest BCUT2D eigenvalue weighted by Gasteiger charge is -2.16. The number of benzene rings is 2. The largest absolute Gasteiger partial charge is 0.483 e. The molecule has 0 saturated heterocycles. The van der Waals surface area contributed by atoms with Crippen LogP contribution in [0.3, 0.4) is 0 Å². The van der Waals surface area contributed by atoms with E-state index in [9.17, 15) is 14.9 Å². The highest BCUT2D eigenvalue weighted by atomic mass is 35.5. The van der Waals surface area contributed by atoms with Gasteiger partial charge in [0.15, 0.2) is 17.1 Å². The molecule has 1 amide bonds. The fourth-order valence-electron chi connectivity index (χ4n) is 3.25. The number of aromatic nitrogens is 3. The number of nitro groups is 1. The van der Waals surface area contributed by atoms with Crippen LogP contribution in [0.25, 0.3) is 0 Å². The molecule has 0 bridgehead atoms. The lowest BCUT2D eigenvalue weighted by atomic mass is 10.0. The molecular formula is C23H26ClN5O4S. The molecule has 1 atom stereocenters. The van der Waals surface area contributed by atoms with Gasteiger partial charge in [0.2, 0.25) is 5.91 Å². The van der Waals surface area contributed by atoms with Crippen LogP contribution in [0.4, 0.5) is 11.4 Å². The van der Waals surface area contributed by atoms with Crippen molar-refractivity contribution in [3.8, 4) is 5.75 Å². The first-order valence-electron chi connectivity index (χ1n) is 10.8. The van der Waals surface area contributed by atoms with Crippen LogP contribution in [0.15, 0.2) is 47.6 Å². The van der Waals surface area contributed by atoms with Gasteiger partial charge in [-0.05, 0) is 49.6 Å². The molecule has 0 fully saturated rings. The predicted octanol–water partition coefficient (Wildman–Crippen LogP) is 5.85. The van der Waals surface area contributed by atoms with Gasteiger partial charge in [0.25, 0.3) is 5.69 Å². The molecule has 1 unspecified atom stereocenters. The highest BCUT2D eigenvalue weighted by Crippen LogP contribution is 2.28. The highest BCUT2D eigenvalue weighted by Gasteiger charge is 2.20. The van der Waals surface area contributed by atoms with Crippen LogP contribution in [0.5, 0.6) is 5.75 Å². The van der Waals surface area contributed by atoms with Gasteiger partial charge >= 0.3 is 0 Å². The first-order valence-corrected chi connectivity index (χ1v) is 12.1. The standard InChI is InChI=1S/C23H26ClN5O4S/c1-5-28-22(15(4)33-18-9-6-16(7-10-18)14(2)3)26-27-23(28)34-13-21(30)25-17-8-11-19(24)20(12-17)29(31)32/h6-12,14-15H,5,13H2,1-4H3,(H,25,30). The van der Waals surface area contributed by atoms with Crippen molar-refractivity contribution in [3.63, 3.8) is 0 Å². The van der Waals surface area contributed by atoms with Gasteiger partial charge in [-0.25, -0.2) is 0 Å².